The average molecular weight is 277 g/mol. The van der Waals surface area contributed by atoms with Gasteiger partial charge in [-0.05, 0) is 74.5 Å². The van der Waals surface area contributed by atoms with Crippen molar-refractivity contribution in [1.29, 1.82) is 0 Å². The third-order valence-electron chi connectivity index (χ3n) is 6.29. The van der Waals surface area contributed by atoms with E-state index in [1.807, 2.05) is 7.05 Å². The van der Waals surface area contributed by atoms with Crippen LogP contribution >= 0.6 is 0 Å². The van der Waals surface area contributed by atoms with Gasteiger partial charge in [0.05, 0.1) is 6.61 Å². The van der Waals surface area contributed by atoms with Crippen LogP contribution in [0.15, 0.2) is 0 Å². The van der Waals surface area contributed by atoms with Crippen molar-refractivity contribution in [2.75, 3.05) is 20.3 Å². The minimum absolute atomic E-state index is 0.211. The first kappa shape index (κ1) is 13.1. The van der Waals surface area contributed by atoms with E-state index in [0.29, 0.717) is 12.6 Å². The fraction of sp³-hybridized carbons (Fsp3) is 0.941. The first-order valence-electron chi connectivity index (χ1n) is 8.54. The molecule has 0 unspecified atom stereocenters. The van der Waals surface area contributed by atoms with Crippen molar-refractivity contribution < 1.29 is 9.53 Å². The molecular weight excluding hydrogens is 250 g/mol. The molecular formula is C17H27NO2. The van der Waals surface area contributed by atoms with E-state index in [1.54, 1.807) is 0 Å². The Labute approximate surface area is 122 Å². The predicted molar refractivity (Wildman–Crippen MR) is 77.1 cm³/mol. The van der Waals surface area contributed by atoms with Crippen molar-refractivity contribution in [2.45, 2.75) is 51.0 Å². The number of hydrogen-bond donors (Lipinski definition) is 0. The summed E-state index contributed by atoms with van der Waals surface area (Å²) in [6.07, 6.45) is 9.55. The first-order chi connectivity index (χ1) is 9.70. The molecule has 5 fully saturated rings. The van der Waals surface area contributed by atoms with Crippen molar-refractivity contribution in [3.05, 3.63) is 0 Å². The lowest BCUT2D eigenvalue weighted by atomic mass is 9.54. The number of carbonyl (C=O) groups excluding carboxylic acids is 1. The highest BCUT2D eigenvalue weighted by molar-refractivity contribution is 5.77. The molecule has 5 aliphatic rings. The van der Waals surface area contributed by atoms with Gasteiger partial charge in [-0.15, -0.1) is 0 Å². The maximum atomic E-state index is 12.4. The van der Waals surface area contributed by atoms with E-state index in [0.717, 1.165) is 36.2 Å². The van der Waals surface area contributed by atoms with E-state index in [2.05, 4.69) is 4.90 Å². The molecule has 5 aliphatic carbocycles. The summed E-state index contributed by atoms with van der Waals surface area (Å²) in [4.78, 5) is 14.4. The van der Waals surface area contributed by atoms with Crippen LogP contribution in [0.5, 0.6) is 0 Å². The Hall–Kier alpha value is -0.570. The van der Waals surface area contributed by atoms with Gasteiger partial charge in [-0.1, -0.05) is 0 Å². The Morgan fingerprint density at radius 2 is 1.65 bits per heavy atom. The number of amides is 1. The van der Waals surface area contributed by atoms with Crippen LogP contribution < -0.4 is 0 Å². The van der Waals surface area contributed by atoms with E-state index < -0.39 is 0 Å². The second kappa shape index (κ2) is 5.01. The molecule has 1 amide bonds. The third kappa shape index (κ3) is 2.38. The lowest BCUT2D eigenvalue weighted by molar-refractivity contribution is -0.146. The largest absolute Gasteiger partial charge is 0.371 e. The molecule has 0 aromatic heterocycles. The molecule has 0 spiro atoms. The number of ether oxygens (including phenoxy) is 1. The van der Waals surface area contributed by atoms with Gasteiger partial charge in [-0.25, -0.2) is 0 Å². The number of rotatable bonds is 5. The van der Waals surface area contributed by atoms with E-state index in [-0.39, 0.29) is 5.91 Å². The van der Waals surface area contributed by atoms with E-state index in [9.17, 15) is 4.79 Å². The van der Waals surface area contributed by atoms with Gasteiger partial charge in [-0.2, -0.15) is 0 Å². The summed E-state index contributed by atoms with van der Waals surface area (Å²) in [6.45, 7) is 1.09. The molecule has 112 valence electrons. The zero-order valence-electron chi connectivity index (χ0n) is 12.6. The van der Waals surface area contributed by atoms with Crippen LogP contribution in [0.25, 0.3) is 0 Å². The van der Waals surface area contributed by atoms with Crippen molar-refractivity contribution >= 4 is 5.91 Å². The molecule has 3 nitrogen and oxygen atoms in total. The summed E-state index contributed by atoms with van der Waals surface area (Å²) in [6, 6.07) is 0.514. The summed E-state index contributed by atoms with van der Waals surface area (Å²) in [5, 5.41) is 0. The van der Waals surface area contributed by atoms with Crippen LogP contribution in [0.2, 0.25) is 0 Å². The molecule has 0 aliphatic heterocycles. The zero-order valence-corrected chi connectivity index (χ0v) is 12.6. The van der Waals surface area contributed by atoms with Crippen molar-refractivity contribution in [2.24, 2.45) is 29.6 Å². The van der Waals surface area contributed by atoms with Crippen LogP contribution in [0.4, 0.5) is 0 Å². The van der Waals surface area contributed by atoms with Crippen molar-refractivity contribution in [1.82, 2.24) is 4.90 Å². The summed E-state index contributed by atoms with van der Waals surface area (Å²) in [7, 11) is 2.02. The quantitative estimate of drug-likeness (QED) is 0.773. The Morgan fingerprint density at radius 3 is 2.20 bits per heavy atom. The number of nitrogens with zero attached hydrogens (tertiary/aromatic N) is 1. The Morgan fingerprint density at radius 1 is 1.05 bits per heavy atom. The van der Waals surface area contributed by atoms with E-state index >= 15 is 0 Å². The SMILES string of the molecule is CN(C(=O)COCC1CC1)C1C2CC3CC(C2)CC1C3. The second-order valence-electron chi connectivity index (χ2n) is 7.88. The van der Waals surface area contributed by atoms with Crippen LogP contribution in [-0.4, -0.2) is 37.1 Å². The molecule has 0 saturated heterocycles. The maximum absolute atomic E-state index is 12.4. The van der Waals surface area contributed by atoms with Crippen LogP contribution in [0.1, 0.15) is 44.9 Å². The lowest BCUT2D eigenvalue weighted by Crippen LogP contribution is -2.56. The van der Waals surface area contributed by atoms with Crippen molar-refractivity contribution in [3.63, 3.8) is 0 Å². The Bertz CT molecular complexity index is 362. The van der Waals surface area contributed by atoms with Gasteiger partial charge in [-0.3, -0.25) is 4.79 Å². The number of likely N-dealkylation sites (N-methyl/N-ethyl adjacent to an activating group) is 1. The highest BCUT2D eigenvalue weighted by Gasteiger charge is 2.50. The van der Waals surface area contributed by atoms with Crippen molar-refractivity contribution in [3.8, 4) is 0 Å². The van der Waals surface area contributed by atoms with Crippen LogP contribution in [0, 0.1) is 29.6 Å². The van der Waals surface area contributed by atoms with Crippen LogP contribution in [0.3, 0.4) is 0 Å². The topological polar surface area (TPSA) is 29.5 Å². The monoisotopic (exact) mass is 277 g/mol. The lowest BCUT2D eigenvalue weighted by Gasteiger charge is -2.56. The number of hydrogen-bond acceptors (Lipinski definition) is 2. The van der Waals surface area contributed by atoms with E-state index in [1.165, 1.54) is 44.9 Å². The highest BCUT2D eigenvalue weighted by Crippen LogP contribution is 2.54. The van der Waals surface area contributed by atoms with E-state index in [4.69, 9.17) is 4.74 Å². The van der Waals surface area contributed by atoms with Crippen LogP contribution in [-0.2, 0) is 9.53 Å². The standard InChI is InChI=1S/C17H27NO2/c1-18(16(19)10-20-9-11-2-3-11)17-14-5-12-4-13(7-14)8-15(17)6-12/h11-15,17H,2-10H2,1H3. The molecule has 4 bridgehead atoms. The average Bonchev–Trinajstić information content (AvgIpc) is 3.21. The van der Waals surface area contributed by atoms with Gasteiger partial charge in [0, 0.05) is 13.1 Å². The Kier molecular flexibility index (Phi) is 3.29. The van der Waals surface area contributed by atoms with Gasteiger partial charge in [0.1, 0.15) is 6.61 Å². The Balaban J connectivity index is 1.35. The minimum Gasteiger partial charge on any atom is -0.371 e. The third-order valence-corrected chi connectivity index (χ3v) is 6.29. The normalized spacial score (nSPS) is 42.0. The first-order valence-corrected chi connectivity index (χ1v) is 8.54. The van der Waals surface area contributed by atoms with Gasteiger partial charge < -0.3 is 9.64 Å². The zero-order chi connectivity index (χ0) is 13.7. The van der Waals surface area contributed by atoms with Gasteiger partial charge in [0.2, 0.25) is 5.91 Å². The minimum atomic E-state index is 0.211. The molecule has 0 aromatic rings. The molecule has 0 N–H and O–H groups in total. The summed E-state index contributed by atoms with van der Waals surface area (Å²) >= 11 is 0. The van der Waals surface area contributed by atoms with Gasteiger partial charge in [0.15, 0.2) is 0 Å². The smallest absolute Gasteiger partial charge is 0.248 e. The second-order valence-corrected chi connectivity index (χ2v) is 7.88. The number of carbonyl (C=O) groups is 1. The molecule has 5 saturated carbocycles. The molecule has 5 rings (SSSR count). The summed E-state index contributed by atoms with van der Waals surface area (Å²) in [5.74, 6) is 4.47. The highest BCUT2D eigenvalue weighted by atomic mass is 16.5. The fourth-order valence-corrected chi connectivity index (χ4v) is 5.39. The summed E-state index contributed by atoms with van der Waals surface area (Å²) < 4.78 is 5.59. The molecule has 3 heteroatoms. The molecule has 0 heterocycles. The fourth-order valence-electron chi connectivity index (χ4n) is 5.39. The molecule has 0 atom stereocenters. The van der Waals surface area contributed by atoms with Gasteiger partial charge in [0.25, 0.3) is 0 Å². The molecule has 20 heavy (non-hydrogen) atoms. The van der Waals surface area contributed by atoms with Gasteiger partial charge >= 0.3 is 0 Å². The maximum Gasteiger partial charge on any atom is 0.248 e. The summed E-state index contributed by atoms with van der Waals surface area (Å²) in [5.41, 5.74) is 0. The predicted octanol–water partition coefficient (Wildman–Crippen LogP) is 2.70. The molecule has 0 aromatic carbocycles. The molecule has 0 radical (unpaired) electrons.